The van der Waals surface area contributed by atoms with Crippen LogP contribution in [0.2, 0.25) is 0 Å². The Morgan fingerprint density at radius 2 is 2.05 bits per heavy atom. The maximum atomic E-state index is 12.2. The number of sulfonamides is 1. The normalized spacial score (nSPS) is 12.2. The zero-order chi connectivity index (χ0) is 15.0. The van der Waals surface area contributed by atoms with E-state index >= 15 is 0 Å². The standard InChI is InChI=1S/C13H25N3O2S2/c1-4-14-11-12-13(7-10-19-12)20(17,18)15-8-5-6-9-16(2)3/h7,10,14-15H,4-6,8-9,11H2,1-3H3. The first-order valence-electron chi connectivity index (χ1n) is 6.89. The van der Waals surface area contributed by atoms with Crippen molar-refractivity contribution in [2.45, 2.75) is 31.2 Å². The minimum atomic E-state index is -3.37. The Hall–Kier alpha value is -0.470. The van der Waals surface area contributed by atoms with Crippen molar-refractivity contribution >= 4 is 21.4 Å². The number of hydrogen-bond donors (Lipinski definition) is 2. The number of thiophene rings is 1. The van der Waals surface area contributed by atoms with Crippen LogP contribution in [0, 0.1) is 0 Å². The van der Waals surface area contributed by atoms with Crippen molar-refractivity contribution in [3.05, 3.63) is 16.3 Å². The lowest BCUT2D eigenvalue weighted by atomic mass is 10.3. The van der Waals surface area contributed by atoms with Gasteiger partial charge in [-0.1, -0.05) is 6.92 Å². The van der Waals surface area contributed by atoms with Gasteiger partial charge >= 0.3 is 0 Å². The fraction of sp³-hybridized carbons (Fsp3) is 0.692. The lowest BCUT2D eigenvalue weighted by molar-refractivity contribution is 0.394. The van der Waals surface area contributed by atoms with Crippen LogP contribution in [-0.4, -0.2) is 47.0 Å². The average Bonchev–Trinajstić information content (AvgIpc) is 2.84. The van der Waals surface area contributed by atoms with Gasteiger partial charge in [0, 0.05) is 18.0 Å². The predicted molar refractivity (Wildman–Crippen MR) is 84.7 cm³/mol. The molecule has 7 heteroatoms. The molecule has 1 aromatic heterocycles. The first-order valence-corrected chi connectivity index (χ1v) is 9.25. The van der Waals surface area contributed by atoms with Crippen molar-refractivity contribution in [1.29, 1.82) is 0 Å². The summed E-state index contributed by atoms with van der Waals surface area (Å²) in [7, 11) is 0.661. The zero-order valence-electron chi connectivity index (χ0n) is 12.5. The van der Waals surface area contributed by atoms with Crippen LogP contribution in [0.5, 0.6) is 0 Å². The van der Waals surface area contributed by atoms with E-state index < -0.39 is 10.0 Å². The fourth-order valence-electron chi connectivity index (χ4n) is 1.77. The highest BCUT2D eigenvalue weighted by atomic mass is 32.2. The third-order valence-electron chi connectivity index (χ3n) is 2.85. The van der Waals surface area contributed by atoms with E-state index in [-0.39, 0.29) is 0 Å². The molecule has 0 bridgehead atoms. The molecule has 1 aromatic rings. The minimum absolute atomic E-state index is 0.413. The molecule has 0 spiro atoms. The van der Waals surface area contributed by atoms with Gasteiger partial charge < -0.3 is 10.2 Å². The molecule has 5 nitrogen and oxygen atoms in total. The van der Waals surface area contributed by atoms with Crippen LogP contribution in [0.25, 0.3) is 0 Å². The average molecular weight is 319 g/mol. The topological polar surface area (TPSA) is 61.4 Å². The molecule has 2 N–H and O–H groups in total. The van der Waals surface area contributed by atoms with E-state index in [1.165, 1.54) is 11.3 Å². The Kier molecular flexibility index (Phi) is 7.68. The maximum absolute atomic E-state index is 12.2. The van der Waals surface area contributed by atoms with Crippen molar-refractivity contribution in [3.63, 3.8) is 0 Å². The molecule has 0 aromatic carbocycles. The first-order chi connectivity index (χ1) is 9.47. The highest BCUT2D eigenvalue weighted by Gasteiger charge is 2.18. The molecule has 20 heavy (non-hydrogen) atoms. The van der Waals surface area contributed by atoms with E-state index in [0.717, 1.165) is 30.8 Å². The summed E-state index contributed by atoms with van der Waals surface area (Å²) < 4.78 is 27.1. The Labute approximate surface area is 126 Å². The van der Waals surface area contributed by atoms with Crippen LogP contribution in [0.3, 0.4) is 0 Å². The first kappa shape index (κ1) is 17.6. The molecule has 0 atom stereocenters. The van der Waals surface area contributed by atoms with E-state index in [0.29, 0.717) is 18.0 Å². The minimum Gasteiger partial charge on any atom is -0.312 e. The van der Waals surface area contributed by atoms with Gasteiger partial charge in [0.05, 0.1) is 4.90 Å². The molecule has 0 aliphatic heterocycles. The molecular weight excluding hydrogens is 294 g/mol. The summed E-state index contributed by atoms with van der Waals surface area (Å²) in [6, 6.07) is 1.68. The highest BCUT2D eigenvalue weighted by molar-refractivity contribution is 7.89. The Balaban J connectivity index is 2.50. The predicted octanol–water partition coefficient (Wildman–Crippen LogP) is 1.48. The lowest BCUT2D eigenvalue weighted by Gasteiger charge is -2.10. The van der Waals surface area contributed by atoms with Crippen LogP contribution in [-0.2, 0) is 16.6 Å². The summed E-state index contributed by atoms with van der Waals surface area (Å²) in [6.45, 7) is 4.91. The van der Waals surface area contributed by atoms with Crippen molar-refractivity contribution < 1.29 is 8.42 Å². The summed E-state index contributed by atoms with van der Waals surface area (Å²) in [6.07, 6.45) is 1.84. The molecule has 0 amide bonds. The molecule has 0 aliphatic rings. The maximum Gasteiger partial charge on any atom is 0.241 e. The quantitative estimate of drug-likeness (QED) is 0.641. The number of nitrogens with one attached hydrogen (secondary N) is 2. The van der Waals surface area contributed by atoms with Crippen LogP contribution >= 0.6 is 11.3 Å². The van der Waals surface area contributed by atoms with Crippen LogP contribution in [0.4, 0.5) is 0 Å². The smallest absolute Gasteiger partial charge is 0.241 e. The molecule has 0 unspecified atom stereocenters. The van der Waals surface area contributed by atoms with Gasteiger partial charge in [0.25, 0.3) is 0 Å². The van der Waals surface area contributed by atoms with E-state index in [4.69, 9.17) is 0 Å². The highest BCUT2D eigenvalue weighted by Crippen LogP contribution is 2.21. The lowest BCUT2D eigenvalue weighted by Crippen LogP contribution is -2.26. The summed E-state index contributed by atoms with van der Waals surface area (Å²) in [5.74, 6) is 0. The Bertz CT molecular complexity index is 484. The fourth-order valence-corrected chi connectivity index (χ4v) is 4.26. The second kappa shape index (κ2) is 8.74. The monoisotopic (exact) mass is 319 g/mol. The van der Waals surface area contributed by atoms with Gasteiger partial charge in [-0.2, -0.15) is 0 Å². The van der Waals surface area contributed by atoms with Gasteiger partial charge in [-0.05, 0) is 51.5 Å². The molecule has 0 radical (unpaired) electrons. The summed E-state index contributed by atoms with van der Waals surface area (Å²) >= 11 is 1.48. The Morgan fingerprint density at radius 1 is 1.30 bits per heavy atom. The summed E-state index contributed by atoms with van der Waals surface area (Å²) in [4.78, 5) is 3.38. The van der Waals surface area contributed by atoms with Gasteiger partial charge in [0.15, 0.2) is 0 Å². The number of nitrogens with zero attached hydrogens (tertiary/aromatic N) is 1. The molecule has 1 heterocycles. The van der Waals surface area contributed by atoms with E-state index in [1.54, 1.807) is 6.07 Å². The molecule has 116 valence electrons. The molecule has 0 fully saturated rings. The zero-order valence-corrected chi connectivity index (χ0v) is 14.1. The van der Waals surface area contributed by atoms with E-state index in [2.05, 4.69) is 14.9 Å². The van der Waals surface area contributed by atoms with E-state index in [9.17, 15) is 8.42 Å². The largest absolute Gasteiger partial charge is 0.312 e. The van der Waals surface area contributed by atoms with Crippen molar-refractivity contribution in [2.75, 3.05) is 33.7 Å². The second-order valence-electron chi connectivity index (χ2n) is 4.90. The van der Waals surface area contributed by atoms with Gasteiger partial charge in [-0.25, -0.2) is 13.1 Å². The molecule has 0 saturated carbocycles. The molecule has 0 saturated heterocycles. The van der Waals surface area contributed by atoms with E-state index in [1.807, 2.05) is 26.4 Å². The van der Waals surface area contributed by atoms with Crippen LogP contribution in [0.15, 0.2) is 16.3 Å². The third-order valence-corrected chi connectivity index (χ3v) is 5.45. The van der Waals surface area contributed by atoms with Gasteiger partial charge in [-0.3, -0.25) is 0 Å². The number of hydrogen-bond acceptors (Lipinski definition) is 5. The second-order valence-corrected chi connectivity index (χ2v) is 7.63. The molecule has 0 aliphatic carbocycles. The number of rotatable bonds is 10. The molecule has 1 rings (SSSR count). The third kappa shape index (κ3) is 5.88. The van der Waals surface area contributed by atoms with Gasteiger partial charge in [0.1, 0.15) is 0 Å². The van der Waals surface area contributed by atoms with Crippen molar-refractivity contribution in [2.24, 2.45) is 0 Å². The molecular formula is C13H25N3O2S2. The van der Waals surface area contributed by atoms with Crippen LogP contribution < -0.4 is 10.0 Å². The SMILES string of the molecule is CCNCc1sccc1S(=O)(=O)NCCCCN(C)C. The number of unbranched alkanes of at least 4 members (excludes halogenated alkanes) is 1. The Morgan fingerprint density at radius 3 is 2.70 bits per heavy atom. The van der Waals surface area contributed by atoms with Crippen LogP contribution in [0.1, 0.15) is 24.6 Å². The van der Waals surface area contributed by atoms with Crippen molar-refractivity contribution in [1.82, 2.24) is 14.9 Å². The summed E-state index contributed by atoms with van der Waals surface area (Å²) in [5, 5.41) is 4.99. The van der Waals surface area contributed by atoms with Gasteiger partial charge in [-0.15, -0.1) is 11.3 Å². The van der Waals surface area contributed by atoms with Gasteiger partial charge in [0.2, 0.25) is 10.0 Å². The summed E-state index contributed by atoms with van der Waals surface area (Å²) in [5.41, 5.74) is 0. The van der Waals surface area contributed by atoms with Crippen molar-refractivity contribution in [3.8, 4) is 0 Å².